The Balaban J connectivity index is 0.000000269. The van der Waals surface area contributed by atoms with Crippen LogP contribution in [0.4, 0.5) is 13.2 Å². The first-order valence-corrected chi connectivity index (χ1v) is 7.76. The molecule has 0 radical (unpaired) electrons. The fraction of sp³-hybridized carbons (Fsp3) is 0.412. The van der Waals surface area contributed by atoms with Gasteiger partial charge in [0, 0.05) is 26.2 Å². The Morgan fingerprint density at radius 1 is 1.20 bits per heavy atom. The fourth-order valence-corrected chi connectivity index (χ4v) is 2.67. The van der Waals surface area contributed by atoms with Crippen molar-refractivity contribution in [3.63, 3.8) is 0 Å². The number of alkyl halides is 3. The van der Waals surface area contributed by atoms with Crippen molar-refractivity contribution in [3.8, 4) is 11.4 Å². The molecule has 0 bridgehead atoms. The van der Waals surface area contributed by atoms with Crippen LogP contribution < -0.4 is 0 Å². The number of phenolic OH excluding ortho intramolecular Hbond substituents is 1. The molecule has 0 saturated carbocycles. The van der Waals surface area contributed by atoms with E-state index in [0.717, 1.165) is 31.8 Å². The summed E-state index contributed by atoms with van der Waals surface area (Å²) in [5, 5.41) is 13.1. The number of benzene rings is 1. The third-order valence-corrected chi connectivity index (χ3v) is 3.92. The molecule has 25 heavy (non-hydrogen) atoms. The molecule has 1 aliphatic heterocycles. The Bertz CT molecular complexity index is 746. The second-order valence-corrected chi connectivity index (χ2v) is 6.02. The standard InChI is InChI=1S/C12H11F3N2O.C5H9NO/c1-7-3-10(18)4-8(2)11(7)17-6-9(5-16-17)12(13,14)15;1-6-4-2-3-5(6)7/h3-6,18H,1-2H3;2-4H2,1H3. The van der Waals surface area contributed by atoms with Gasteiger partial charge in [-0.25, -0.2) is 4.68 Å². The van der Waals surface area contributed by atoms with Crippen LogP contribution in [0.25, 0.3) is 5.69 Å². The highest BCUT2D eigenvalue weighted by Crippen LogP contribution is 2.30. The van der Waals surface area contributed by atoms with E-state index in [1.165, 1.54) is 16.8 Å². The van der Waals surface area contributed by atoms with Gasteiger partial charge in [0.15, 0.2) is 0 Å². The summed E-state index contributed by atoms with van der Waals surface area (Å²) >= 11 is 0. The molecular formula is C17H20F3N3O2. The molecule has 3 rings (SSSR count). The summed E-state index contributed by atoms with van der Waals surface area (Å²) in [4.78, 5) is 12.3. The van der Waals surface area contributed by atoms with E-state index in [4.69, 9.17) is 0 Å². The van der Waals surface area contributed by atoms with E-state index >= 15 is 0 Å². The number of carbonyl (C=O) groups is 1. The highest BCUT2D eigenvalue weighted by atomic mass is 19.4. The lowest BCUT2D eigenvalue weighted by Crippen LogP contribution is -2.17. The lowest BCUT2D eigenvalue weighted by atomic mass is 10.1. The van der Waals surface area contributed by atoms with Crippen molar-refractivity contribution in [2.45, 2.75) is 32.9 Å². The molecule has 136 valence electrons. The van der Waals surface area contributed by atoms with E-state index in [1.807, 2.05) is 7.05 Å². The second kappa shape index (κ2) is 7.16. The molecule has 1 saturated heterocycles. The molecule has 0 unspecified atom stereocenters. The maximum absolute atomic E-state index is 12.5. The van der Waals surface area contributed by atoms with Crippen molar-refractivity contribution < 1.29 is 23.1 Å². The van der Waals surface area contributed by atoms with Crippen molar-refractivity contribution in [2.75, 3.05) is 13.6 Å². The molecule has 1 N–H and O–H groups in total. The molecule has 1 aromatic heterocycles. The van der Waals surface area contributed by atoms with Gasteiger partial charge in [-0.1, -0.05) is 0 Å². The minimum absolute atomic E-state index is 0.0805. The highest BCUT2D eigenvalue weighted by molar-refractivity contribution is 5.77. The zero-order chi connectivity index (χ0) is 18.8. The number of hydrogen-bond donors (Lipinski definition) is 1. The Morgan fingerprint density at radius 2 is 1.80 bits per heavy atom. The van der Waals surface area contributed by atoms with Crippen molar-refractivity contribution >= 4 is 5.91 Å². The normalized spacial score (nSPS) is 14.5. The number of nitrogens with zero attached hydrogens (tertiary/aromatic N) is 3. The van der Waals surface area contributed by atoms with Gasteiger partial charge < -0.3 is 10.0 Å². The van der Waals surface area contributed by atoms with Crippen LogP contribution in [0.15, 0.2) is 24.5 Å². The topological polar surface area (TPSA) is 58.4 Å². The number of aromatic hydroxyl groups is 1. The van der Waals surface area contributed by atoms with E-state index in [0.29, 0.717) is 22.7 Å². The minimum Gasteiger partial charge on any atom is -0.508 e. The Hall–Kier alpha value is -2.51. The van der Waals surface area contributed by atoms with Gasteiger partial charge in [0.25, 0.3) is 0 Å². The summed E-state index contributed by atoms with van der Waals surface area (Å²) in [5.41, 5.74) is 1.06. The number of halogens is 3. The van der Waals surface area contributed by atoms with Crippen LogP contribution in [0.3, 0.4) is 0 Å². The smallest absolute Gasteiger partial charge is 0.419 e. The fourth-order valence-electron chi connectivity index (χ4n) is 2.67. The minimum atomic E-state index is -4.41. The first kappa shape index (κ1) is 18.8. The Morgan fingerprint density at radius 3 is 2.16 bits per heavy atom. The van der Waals surface area contributed by atoms with Gasteiger partial charge in [-0.15, -0.1) is 0 Å². The van der Waals surface area contributed by atoms with Gasteiger partial charge >= 0.3 is 6.18 Å². The van der Waals surface area contributed by atoms with E-state index in [9.17, 15) is 23.1 Å². The van der Waals surface area contributed by atoms with E-state index < -0.39 is 11.7 Å². The number of hydrogen-bond acceptors (Lipinski definition) is 3. The summed E-state index contributed by atoms with van der Waals surface area (Å²) in [6.07, 6.45) is -0.874. The molecular weight excluding hydrogens is 335 g/mol. The van der Waals surface area contributed by atoms with Crippen LogP contribution in [-0.2, 0) is 11.0 Å². The average molecular weight is 355 g/mol. The average Bonchev–Trinajstić information content (AvgIpc) is 3.09. The number of rotatable bonds is 1. The van der Waals surface area contributed by atoms with E-state index in [-0.39, 0.29) is 5.75 Å². The predicted octanol–water partition coefficient (Wildman–Crippen LogP) is 3.45. The number of aromatic nitrogens is 2. The number of aryl methyl sites for hydroxylation is 2. The van der Waals surface area contributed by atoms with Crippen LogP contribution in [0.1, 0.15) is 29.5 Å². The van der Waals surface area contributed by atoms with Crippen LogP contribution >= 0.6 is 0 Å². The zero-order valence-corrected chi connectivity index (χ0v) is 14.3. The van der Waals surface area contributed by atoms with Gasteiger partial charge in [-0.3, -0.25) is 4.79 Å². The van der Waals surface area contributed by atoms with Crippen LogP contribution in [0.2, 0.25) is 0 Å². The molecule has 1 aromatic carbocycles. The molecule has 0 atom stereocenters. The first-order valence-electron chi connectivity index (χ1n) is 7.76. The Kier molecular flexibility index (Phi) is 5.39. The van der Waals surface area contributed by atoms with Crippen molar-refractivity contribution in [3.05, 3.63) is 41.2 Å². The van der Waals surface area contributed by atoms with Crippen LogP contribution in [0.5, 0.6) is 5.75 Å². The number of carbonyl (C=O) groups excluding carboxylic acids is 1. The molecule has 2 aromatic rings. The zero-order valence-electron chi connectivity index (χ0n) is 14.3. The molecule has 2 heterocycles. The maximum Gasteiger partial charge on any atom is 0.419 e. The maximum atomic E-state index is 12.5. The van der Waals surface area contributed by atoms with Crippen molar-refractivity contribution in [1.82, 2.24) is 14.7 Å². The van der Waals surface area contributed by atoms with Crippen LogP contribution in [0, 0.1) is 13.8 Å². The molecule has 5 nitrogen and oxygen atoms in total. The lowest BCUT2D eigenvalue weighted by Gasteiger charge is -2.10. The Labute approximate surface area is 143 Å². The lowest BCUT2D eigenvalue weighted by molar-refractivity contribution is -0.137. The van der Waals surface area contributed by atoms with Crippen molar-refractivity contribution in [1.29, 1.82) is 0 Å². The highest BCUT2D eigenvalue weighted by Gasteiger charge is 2.32. The molecule has 1 fully saturated rings. The molecule has 0 aliphatic carbocycles. The second-order valence-electron chi connectivity index (χ2n) is 6.02. The van der Waals surface area contributed by atoms with Gasteiger partial charge in [0.2, 0.25) is 5.91 Å². The summed E-state index contributed by atoms with van der Waals surface area (Å²) in [6.45, 7) is 4.37. The third-order valence-electron chi connectivity index (χ3n) is 3.92. The third kappa shape index (κ3) is 4.52. The summed E-state index contributed by atoms with van der Waals surface area (Å²) < 4.78 is 38.6. The number of amides is 1. The molecule has 0 spiro atoms. The van der Waals surface area contributed by atoms with Gasteiger partial charge in [0.05, 0.1) is 17.4 Å². The van der Waals surface area contributed by atoms with Gasteiger partial charge in [-0.2, -0.15) is 18.3 Å². The van der Waals surface area contributed by atoms with Crippen molar-refractivity contribution in [2.24, 2.45) is 0 Å². The van der Waals surface area contributed by atoms with Gasteiger partial charge in [-0.05, 0) is 43.5 Å². The van der Waals surface area contributed by atoms with Crippen LogP contribution in [-0.4, -0.2) is 39.3 Å². The molecule has 8 heteroatoms. The summed E-state index contributed by atoms with van der Waals surface area (Å²) in [5.74, 6) is 0.372. The van der Waals surface area contributed by atoms with E-state index in [1.54, 1.807) is 18.7 Å². The quantitative estimate of drug-likeness (QED) is 0.852. The summed E-state index contributed by atoms with van der Waals surface area (Å²) in [6, 6.07) is 2.97. The largest absolute Gasteiger partial charge is 0.508 e. The summed E-state index contributed by atoms with van der Waals surface area (Å²) in [7, 11) is 1.84. The van der Waals surface area contributed by atoms with Gasteiger partial charge in [0.1, 0.15) is 5.75 Å². The van der Waals surface area contributed by atoms with E-state index in [2.05, 4.69) is 5.10 Å². The molecule has 1 aliphatic rings. The monoisotopic (exact) mass is 355 g/mol. The number of likely N-dealkylation sites (tertiary alicyclic amines) is 1. The SMILES string of the molecule is CN1CCCC1=O.Cc1cc(O)cc(C)c1-n1cc(C(F)(F)F)cn1. The number of phenols is 1. The molecule has 1 amide bonds. The first-order chi connectivity index (χ1) is 11.6. The predicted molar refractivity (Wildman–Crippen MR) is 86.6 cm³/mol.